The Balaban J connectivity index is 0. The zero-order chi connectivity index (χ0) is 12.6. The molecule has 0 nitrogen and oxygen atoms in total. The zero-order valence-electron chi connectivity index (χ0n) is 12.0. The van der Waals surface area contributed by atoms with Gasteiger partial charge in [0.2, 0.25) is 0 Å². The Morgan fingerprint density at radius 2 is 1.12 bits per heavy atom. The summed E-state index contributed by atoms with van der Waals surface area (Å²) in [6.45, 7) is 8.79. The summed E-state index contributed by atoms with van der Waals surface area (Å²) in [7, 11) is 0. The molecule has 0 bridgehead atoms. The van der Waals surface area contributed by atoms with Crippen molar-refractivity contribution in [3.05, 3.63) is 0 Å². The maximum Gasteiger partial charge on any atom is 0.0894 e. The van der Waals surface area contributed by atoms with Gasteiger partial charge in [0.15, 0.2) is 0 Å². The number of hydrogen-bond donors (Lipinski definition) is 0. The Hall–Kier alpha value is -0.0700. The van der Waals surface area contributed by atoms with Gasteiger partial charge in [0.05, 0.1) is 6.67 Å². The topological polar surface area (TPSA) is 0 Å². The lowest BCUT2D eigenvalue weighted by Gasteiger charge is -2.12. The second-order valence-electron chi connectivity index (χ2n) is 4.63. The lowest BCUT2D eigenvalue weighted by atomic mass is 9.94. The predicted octanol–water partition coefficient (Wildman–Crippen LogP) is 6.15. The van der Waals surface area contributed by atoms with Crippen molar-refractivity contribution in [3.63, 3.8) is 0 Å². The third-order valence-corrected chi connectivity index (χ3v) is 2.83. The molecule has 0 aromatic heterocycles. The number of halogens is 1. The Morgan fingerprint density at radius 1 is 0.688 bits per heavy atom. The average molecular weight is 232 g/mol. The summed E-state index contributed by atoms with van der Waals surface area (Å²) in [4.78, 5) is 0. The fourth-order valence-corrected chi connectivity index (χ4v) is 2.00. The van der Waals surface area contributed by atoms with Crippen LogP contribution in [0.1, 0.15) is 85.5 Å². The Bertz CT molecular complexity index is 83.3. The van der Waals surface area contributed by atoms with Gasteiger partial charge in [-0.25, -0.2) is 0 Å². The van der Waals surface area contributed by atoms with E-state index in [-0.39, 0.29) is 6.67 Å². The summed E-state index contributed by atoms with van der Waals surface area (Å²) in [6.07, 6.45) is 11.3. The molecule has 0 aliphatic heterocycles. The molecule has 0 saturated heterocycles. The van der Waals surface area contributed by atoms with Gasteiger partial charge < -0.3 is 0 Å². The van der Waals surface area contributed by atoms with E-state index < -0.39 is 0 Å². The first-order valence-electron chi connectivity index (χ1n) is 7.32. The third-order valence-electron chi connectivity index (χ3n) is 2.83. The van der Waals surface area contributed by atoms with Crippen LogP contribution in [-0.2, 0) is 0 Å². The van der Waals surface area contributed by atoms with E-state index in [1.807, 2.05) is 0 Å². The van der Waals surface area contributed by atoms with Crippen molar-refractivity contribution in [2.24, 2.45) is 5.92 Å². The molecule has 0 fully saturated rings. The van der Waals surface area contributed by atoms with Gasteiger partial charge in [0.25, 0.3) is 0 Å². The van der Waals surface area contributed by atoms with Crippen molar-refractivity contribution in [2.45, 2.75) is 85.5 Å². The molecule has 0 radical (unpaired) electrons. The van der Waals surface area contributed by atoms with E-state index >= 15 is 0 Å². The lowest BCUT2D eigenvalue weighted by Crippen LogP contribution is -1.98. The van der Waals surface area contributed by atoms with Crippen molar-refractivity contribution in [2.75, 3.05) is 6.67 Å². The summed E-state index contributed by atoms with van der Waals surface area (Å²) in [5.41, 5.74) is 0. The molecule has 1 heteroatoms. The molecule has 0 aliphatic carbocycles. The van der Waals surface area contributed by atoms with Crippen LogP contribution in [0, 0.1) is 5.92 Å². The highest BCUT2D eigenvalue weighted by Gasteiger charge is 2.03. The molecule has 0 aromatic carbocycles. The maximum atomic E-state index is 11.2. The molecular weight excluding hydrogens is 199 g/mol. The minimum Gasteiger partial charge on any atom is -0.251 e. The predicted molar refractivity (Wildman–Crippen MR) is 73.7 cm³/mol. The van der Waals surface area contributed by atoms with Gasteiger partial charge in [-0.05, 0) is 12.3 Å². The van der Waals surface area contributed by atoms with Crippen LogP contribution in [0.3, 0.4) is 0 Å². The largest absolute Gasteiger partial charge is 0.251 e. The molecule has 0 amide bonds. The minimum absolute atomic E-state index is 0.145. The molecule has 0 rings (SSSR count). The van der Waals surface area contributed by atoms with E-state index in [2.05, 4.69) is 27.7 Å². The Labute approximate surface area is 103 Å². The molecule has 0 spiro atoms. The molecule has 0 heterocycles. The van der Waals surface area contributed by atoms with E-state index in [1.165, 1.54) is 38.5 Å². The van der Waals surface area contributed by atoms with Gasteiger partial charge in [-0.2, -0.15) is 0 Å². The SMILES string of the molecule is CCCC(CCC)CCC.CCCCCF. The maximum absolute atomic E-state index is 11.2. The number of rotatable bonds is 9. The first-order valence-corrected chi connectivity index (χ1v) is 7.32. The lowest BCUT2D eigenvalue weighted by molar-refractivity contribution is 0.407. The second kappa shape index (κ2) is 17.3. The van der Waals surface area contributed by atoms with Gasteiger partial charge in [-0.3, -0.25) is 4.39 Å². The first-order chi connectivity index (χ1) is 7.76. The zero-order valence-corrected chi connectivity index (χ0v) is 12.0. The average Bonchev–Trinajstić information content (AvgIpc) is 2.28. The van der Waals surface area contributed by atoms with Crippen molar-refractivity contribution in [3.8, 4) is 0 Å². The summed E-state index contributed by atoms with van der Waals surface area (Å²) >= 11 is 0. The van der Waals surface area contributed by atoms with Crippen LogP contribution in [-0.4, -0.2) is 6.67 Å². The highest BCUT2D eigenvalue weighted by atomic mass is 19.1. The minimum atomic E-state index is -0.145. The van der Waals surface area contributed by atoms with Crippen LogP contribution < -0.4 is 0 Å². The third kappa shape index (κ3) is 16.4. The number of alkyl halides is 1. The van der Waals surface area contributed by atoms with Crippen molar-refractivity contribution >= 4 is 0 Å². The smallest absolute Gasteiger partial charge is 0.0894 e. The van der Waals surface area contributed by atoms with Gasteiger partial charge in [0.1, 0.15) is 0 Å². The fraction of sp³-hybridized carbons (Fsp3) is 1.00. The molecule has 0 saturated carbocycles. The van der Waals surface area contributed by atoms with E-state index in [0.29, 0.717) is 0 Å². The van der Waals surface area contributed by atoms with Crippen LogP contribution >= 0.6 is 0 Å². The summed E-state index contributed by atoms with van der Waals surface area (Å²) in [6, 6.07) is 0. The van der Waals surface area contributed by atoms with E-state index in [4.69, 9.17) is 0 Å². The van der Waals surface area contributed by atoms with Gasteiger partial charge in [-0.1, -0.05) is 79.1 Å². The fourth-order valence-electron chi connectivity index (χ4n) is 2.00. The van der Waals surface area contributed by atoms with Crippen LogP contribution in [0.2, 0.25) is 0 Å². The summed E-state index contributed by atoms with van der Waals surface area (Å²) in [5, 5.41) is 0. The standard InChI is InChI=1S/C10H22.C5H11F/c1-4-7-10(8-5-2)9-6-3;1-2-3-4-5-6/h10H,4-9H2,1-3H3;2-5H2,1H3. The molecule has 0 N–H and O–H groups in total. The van der Waals surface area contributed by atoms with Gasteiger partial charge in [0, 0.05) is 0 Å². The van der Waals surface area contributed by atoms with Crippen molar-refractivity contribution in [1.82, 2.24) is 0 Å². The van der Waals surface area contributed by atoms with E-state index in [9.17, 15) is 4.39 Å². The highest BCUT2D eigenvalue weighted by Crippen LogP contribution is 2.18. The molecule has 0 atom stereocenters. The molecule has 0 unspecified atom stereocenters. The number of hydrogen-bond acceptors (Lipinski definition) is 0. The quantitative estimate of drug-likeness (QED) is 0.418. The Morgan fingerprint density at radius 3 is 1.31 bits per heavy atom. The number of unbranched alkanes of at least 4 members (excludes halogenated alkanes) is 2. The van der Waals surface area contributed by atoms with Crippen molar-refractivity contribution < 1.29 is 4.39 Å². The first kappa shape index (κ1) is 18.3. The molecule has 0 aromatic rings. The molecule has 0 aliphatic rings. The van der Waals surface area contributed by atoms with Gasteiger partial charge >= 0.3 is 0 Å². The van der Waals surface area contributed by atoms with Gasteiger partial charge in [-0.15, -0.1) is 0 Å². The molecule has 16 heavy (non-hydrogen) atoms. The van der Waals surface area contributed by atoms with E-state index in [0.717, 1.165) is 25.2 Å². The normalized spacial score (nSPS) is 10.1. The van der Waals surface area contributed by atoms with Crippen LogP contribution in [0.4, 0.5) is 4.39 Å². The second-order valence-corrected chi connectivity index (χ2v) is 4.63. The van der Waals surface area contributed by atoms with Crippen LogP contribution in [0.5, 0.6) is 0 Å². The molecular formula is C15H33F. The monoisotopic (exact) mass is 232 g/mol. The highest BCUT2D eigenvalue weighted by molar-refractivity contribution is 4.56. The van der Waals surface area contributed by atoms with Crippen LogP contribution in [0.25, 0.3) is 0 Å². The summed E-state index contributed by atoms with van der Waals surface area (Å²) in [5.74, 6) is 1.03. The van der Waals surface area contributed by atoms with E-state index in [1.54, 1.807) is 0 Å². The molecule has 100 valence electrons. The Kier molecular flexibility index (Phi) is 19.8. The van der Waals surface area contributed by atoms with Crippen molar-refractivity contribution in [1.29, 1.82) is 0 Å². The summed E-state index contributed by atoms with van der Waals surface area (Å²) < 4.78 is 11.2. The van der Waals surface area contributed by atoms with Crippen LogP contribution in [0.15, 0.2) is 0 Å².